The average molecular weight is 287 g/mol. The van der Waals surface area contributed by atoms with E-state index in [2.05, 4.69) is 18.9 Å². The van der Waals surface area contributed by atoms with Gasteiger partial charge in [0.2, 0.25) is 0 Å². The quantitative estimate of drug-likeness (QED) is 0.800. The van der Waals surface area contributed by atoms with Crippen molar-refractivity contribution >= 4 is 12.1 Å². The smallest absolute Gasteiger partial charge is 0.156 e. The maximum Gasteiger partial charge on any atom is 0.156 e. The lowest BCUT2D eigenvalue weighted by molar-refractivity contribution is 0.112. The number of rotatable bonds is 6. The molecule has 1 aromatic carbocycles. The van der Waals surface area contributed by atoms with Crippen LogP contribution in [0.4, 0.5) is 5.82 Å². The van der Waals surface area contributed by atoms with Crippen LogP contribution in [-0.2, 0) is 6.54 Å². The first-order chi connectivity index (χ1) is 10.1. The summed E-state index contributed by atoms with van der Waals surface area (Å²) in [6.45, 7) is 4.82. The lowest BCUT2D eigenvalue weighted by atomic mass is 10.00. The first-order valence-electron chi connectivity index (χ1n) is 7.11. The number of hydrogen-bond acceptors (Lipinski definition) is 4. The number of carbonyl (C=O) groups excluding carboxylic acids is 1. The summed E-state index contributed by atoms with van der Waals surface area (Å²) in [4.78, 5) is 11.3. The summed E-state index contributed by atoms with van der Waals surface area (Å²) in [5.74, 6) is 0.804. The molecule has 0 fully saturated rings. The summed E-state index contributed by atoms with van der Waals surface area (Å²) in [5, 5.41) is 13.3. The van der Waals surface area contributed by atoms with Gasteiger partial charge in [-0.2, -0.15) is 5.10 Å². The van der Waals surface area contributed by atoms with Gasteiger partial charge in [-0.1, -0.05) is 38.1 Å². The molecule has 112 valence electrons. The number of nitrogen functional groups attached to an aromatic ring is 1. The fraction of sp³-hybridized carbons (Fsp3) is 0.375. The Bertz CT molecular complexity index is 615. The Balaban J connectivity index is 2.40. The minimum Gasteiger partial charge on any atom is -0.396 e. The van der Waals surface area contributed by atoms with Gasteiger partial charge >= 0.3 is 0 Å². The molecule has 21 heavy (non-hydrogen) atoms. The van der Waals surface area contributed by atoms with Crippen molar-refractivity contribution in [1.82, 2.24) is 9.78 Å². The highest BCUT2D eigenvalue weighted by Crippen LogP contribution is 2.27. The number of aromatic nitrogens is 2. The second-order valence-corrected chi connectivity index (χ2v) is 5.34. The fourth-order valence-corrected chi connectivity index (χ4v) is 2.24. The lowest BCUT2D eigenvalue weighted by Gasteiger charge is -2.05. The molecule has 0 aliphatic heterocycles. The molecule has 0 aliphatic rings. The van der Waals surface area contributed by atoms with E-state index in [1.165, 1.54) is 5.56 Å². The molecule has 1 heterocycles. The van der Waals surface area contributed by atoms with Crippen LogP contribution < -0.4 is 5.73 Å². The van der Waals surface area contributed by atoms with Crippen LogP contribution in [-0.4, -0.2) is 27.8 Å². The first kappa shape index (κ1) is 15.3. The number of carbonyl (C=O) groups is 1. The predicted octanol–water partition coefficient (Wildman–Crippen LogP) is 2.45. The van der Waals surface area contributed by atoms with Crippen molar-refractivity contribution in [3.05, 3.63) is 35.4 Å². The average Bonchev–Trinajstić information content (AvgIpc) is 2.81. The SMILES string of the molecule is CC(C)c1ccc(-c2nn(CCCO)c(N)c2C=O)cc1. The number of nitrogens with zero attached hydrogens (tertiary/aromatic N) is 2. The number of aliphatic hydroxyl groups is 1. The fourth-order valence-electron chi connectivity index (χ4n) is 2.24. The highest BCUT2D eigenvalue weighted by molar-refractivity contribution is 5.91. The van der Waals surface area contributed by atoms with E-state index >= 15 is 0 Å². The molecule has 0 unspecified atom stereocenters. The highest BCUT2D eigenvalue weighted by atomic mass is 16.3. The standard InChI is InChI=1S/C16H21N3O2/c1-11(2)12-4-6-13(7-5-12)15-14(10-21)16(17)19(18-15)8-3-9-20/h4-7,10-11,20H,3,8-9,17H2,1-2H3. The van der Waals surface area contributed by atoms with Gasteiger partial charge < -0.3 is 10.8 Å². The van der Waals surface area contributed by atoms with Crippen LogP contribution in [0.15, 0.2) is 24.3 Å². The number of aliphatic hydroxyl groups excluding tert-OH is 1. The third kappa shape index (κ3) is 3.13. The molecule has 0 bridgehead atoms. The van der Waals surface area contributed by atoms with Crippen molar-refractivity contribution in [3.63, 3.8) is 0 Å². The number of anilines is 1. The van der Waals surface area contributed by atoms with E-state index in [0.717, 1.165) is 11.8 Å². The zero-order valence-corrected chi connectivity index (χ0v) is 12.4. The Morgan fingerprint density at radius 3 is 2.52 bits per heavy atom. The van der Waals surface area contributed by atoms with Gasteiger partial charge in [0, 0.05) is 18.7 Å². The van der Waals surface area contributed by atoms with E-state index in [-0.39, 0.29) is 6.61 Å². The third-order valence-corrected chi connectivity index (χ3v) is 3.53. The van der Waals surface area contributed by atoms with Crippen LogP contribution in [0.2, 0.25) is 0 Å². The molecule has 0 radical (unpaired) electrons. The highest BCUT2D eigenvalue weighted by Gasteiger charge is 2.16. The summed E-state index contributed by atoms with van der Waals surface area (Å²) in [7, 11) is 0. The van der Waals surface area contributed by atoms with Crippen LogP contribution in [0, 0.1) is 0 Å². The van der Waals surface area contributed by atoms with Crippen molar-refractivity contribution in [3.8, 4) is 11.3 Å². The first-order valence-corrected chi connectivity index (χ1v) is 7.11. The van der Waals surface area contributed by atoms with Gasteiger partial charge in [-0.25, -0.2) is 4.68 Å². The summed E-state index contributed by atoms with van der Waals surface area (Å²) >= 11 is 0. The van der Waals surface area contributed by atoms with Crippen molar-refractivity contribution in [2.75, 3.05) is 12.3 Å². The van der Waals surface area contributed by atoms with E-state index in [9.17, 15) is 4.79 Å². The summed E-state index contributed by atoms with van der Waals surface area (Å²) in [6, 6.07) is 8.00. The second-order valence-electron chi connectivity index (χ2n) is 5.34. The molecule has 5 nitrogen and oxygen atoms in total. The van der Waals surface area contributed by atoms with Gasteiger partial charge in [0.05, 0.1) is 5.56 Å². The topological polar surface area (TPSA) is 81.1 Å². The van der Waals surface area contributed by atoms with Gasteiger partial charge in [-0.05, 0) is 17.9 Å². The molecular formula is C16H21N3O2. The number of aldehydes is 1. The normalized spacial score (nSPS) is 11.0. The van der Waals surface area contributed by atoms with Crippen LogP contribution >= 0.6 is 0 Å². The molecule has 0 saturated carbocycles. The van der Waals surface area contributed by atoms with Crippen molar-refractivity contribution in [2.24, 2.45) is 0 Å². The van der Waals surface area contributed by atoms with Gasteiger partial charge in [-0.3, -0.25) is 4.79 Å². The number of aryl methyl sites for hydroxylation is 1. The molecule has 0 saturated heterocycles. The van der Waals surface area contributed by atoms with Gasteiger partial charge in [0.25, 0.3) is 0 Å². The molecule has 0 aliphatic carbocycles. The maximum absolute atomic E-state index is 11.3. The third-order valence-electron chi connectivity index (χ3n) is 3.53. The maximum atomic E-state index is 11.3. The second kappa shape index (κ2) is 6.54. The molecule has 5 heteroatoms. The molecule has 0 atom stereocenters. The summed E-state index contributed by atoms with van der Waals surface area (Å²) < 4.78 is 1.58. The molecule has 3 N–H and O–H groups in total. The Morgan fingerprint density at radius 1 is 1.33 bits per heavy atom. The number of nitrogens with two attached hydrogens (primary N) is 1. The predicted molar refractivity (Wildman–Crippen MR) is 83.3 cm³/mol. The molecule has 2 aromatic rings. The van der Waals surface area contributed by atoms with Gasteiger partial charge in [0.1, 0.15) is 11.5 Å². The summed E-state index contributed by atoms with van der Waals surface area (Å²) in [6.07, 6.45) is 1.29. The Hall–Kier alpha value is -2.14. The molecule has 0 amide bonds. The minimum absolute atomic E-state index is 0.0636. The van der Waals surface area contributed by atoms with Crippen LogP contribution in [0.25, 0.3) is 11.3 Å². The zero-order chi connectivity index (χ0) is 15.4. The number of hydrogen-bond donors (Lipinski definition) is 2. The van der Waals surface area contributed by atoms with Crippen molar-refractivity contribution in [1.29, 1.82) is 0 Å². The minimum atomic E-state index is 0.0636. The molecule has 2 rings (SSSR count). The largest absolute Gasteiger partial charge is 0.396 e. The summed E-state index contributed by atoms with van der Waals surface area (Å²) in [5.41, 5.74) is 9.07. The van der Waals surface area contributed by atoms with E-state index in [4.69, 9.17) is 10.8 Å². The van der Waals surface area contributed by atoms with E-state index < -0.39 is 0 Å². The Kier molecular flexibility index (Phi) is 4.75. The van der Waals surface area contributed by atoms with Crippen LogP contribution in [0.1, 0.15) is 42.1 Å². The van der Waals surface area contributed by atoms with Crippen molar-refractivity contribution in [2.45, 2.75) is 32.7 Å². The van der Waals surface area contributed by atoms with Crippen LogP contribution in [0.5, 0.6) is 0 Å². The molecule has 0 spiro atoms. The van der Waals surface area contributed by atoms with Gasteiger partial charge in [-0.15, -0.1) is 0 Å². The van der Waals surface area contributed by atoms with E-state index in [0.29, 0.717) is 36.0 Å². The van der Waals surface area contributed by atoms with Gasteiger partial charge in [0.15, 0.2) is 6.29 Å². The van der Waals surface area contributed by atoms with E-state index in [1.807, 2.05) is 24.3 Å². The van der Waals surface area contributed by atoms with Crippen molar-refractivity contribution < 1.29 is 9.90 Å². The Labute approximate surface area is 124 Å². The Morgan fingerprint density at radius 2 is 2.00 bits per heavy atom. The molecular weight excluding hydrogens is 266 g/mol. The lowest BCUT2D eigenvalue weighted by Crippen LogP contribution is -2.06. The van der Waals surface area contributed by atoms with E-state index in [1.54, 1.807) is 4.68 Å². The zero-order valence-electron chi connectivity index (χ0n) is 12.4. The monoisotopic (exact) mass is 287 g/mol. The number of benzene rings is 1. The molecule has 1 aromatic heterocycles. The van der Waals surface area contributed by atoms with Crippen LogP contribution in [0.3, 0.4) is 0 Å².